The molecule has 18 heavy (non-hydrogen) atoms. The largest absolute Gasteiger partial charge is 0.497 e. The summed E-state index contributed by atoms with van der Waals surface area (Å²) in [5.74, 6) is 1.86. The third kappa shape index (κ3) is 1.83. The Morgan fingerprint density at radius 3 is 3.11 bits per heavy atom. The molecule has 2 aliphatic rings. The van der Waals surface area contributed by atoms with E-state index >= 15 is 0 Å². The van der Waals surface area contributed by atoms with Gasteiger partial charge in [-0.1, -0.05) is 13.0 Å². The lowest BCUT2D eigenvalue weighted by Crippen LogP contribution is -2.21. The van der Waals surface area contributed by atoms with Gasteiger partial charge in [0.1, 0.15) is 5.75 Å². The molecule has 1 fully saturated rings. The van der Waals surface area contributed by atoms with Crippen molar-refractivity contribution in [1.29, 1.82) is 0 Å². The number of nitrogens with one attached hydrogen (secondary N) is 1. The van der Waals surface area contributed by atoms with Crippen LogP contribution in [0.3, 0.4) is 0 Å². The van der Waals surface area contributed by atoms with Gasteiger partial charge in [0.05, 0.1) is 7.11 Å². The number of ether oxygens (including phenoxy) is 1. The highest BCUT2D eigenvalue weighted by molar-refractivity contribution is 5.48. The molecule has 0 aromatic heterocycles. The molecular weight excluding hydrogens is 222 g/mol. The lowest BCUT2D eigenvalue weighted by molar-refractivity contribution is 0.413. The second-order valence-electron chi connectivity index (χ2n) is 5.78. The Morgan fingerprint density at radius 2 is 2.33 bits per heavy atom. The highest BCUT2D eigenvalue weighted by Gasteiger charge is 2.57. The van der Waals surface area contributed by atoms with Gasteiger partial charge in [0.25, 0.3) is 0 Å². The molecule has 2 heteroatoms. The van der Waals surface area contributed by atoms with Gasteiger partial charge in [0.2, 0.25) is 0 Å². The third-order valence-electron chi connectivity index (χ3n) is 4.74. The molecule has 0 radical (unpaired) electrons. The van der Waals surface area contributed by atoms with Crippen LogP contribution in [0.25, 0.3) is 0 Å². The zero-order chi connectivity index (χ0) is 12.6. The van der Waals surface area contributed by atoms with Crippen LogP contribution in [0.4, 0.5) is 0 Å². The van der Waals surface area contributed by atoms with Gasteiger partial charge in [-0.2, -0.15) is 0 Å². The Balaban J connectivity index is 1.75. The molecule has 0 heterocycles. The summed E-state index contributed by atoms with van der Waals surface area (Å²) in [5.41, 5.74) is 3.61. The zero-order valence-corrected chi connectivity index (χ0v) is 11.5. The smallest absolute Gasteiger partial charge is 0.119 e. The summed E-state index contributed by atoms with van der Waals surface area (Å²) in [6.07, 6.45) is 5.19. The van der Waals surface area contributed by atoms with Gasteiger partial charge in [-0.15, -0.1) is 0 Å². The summed E-state index contributed by atoms with van der Waals surface area (Å²) < 4.78 is 5.38. The number of methoxy groups -OCH3 is 1. The van der Waals surface area contributed by atoms with Crippen molar-refractivity contribution in [3.05, 3.63) is 29.3 Å². The molecule has 98 valence electrons. The molecule has 0 aliphatic heterocycles. The number of aryl methyl sites for hydroxylation is 1. The van der Waals surface area contributed by atoms with Crippen molar-refractivity contribution in [2.45, 2.75) is 38.0 Å². The standard InChI is InChI=1S/C16H23NO/c1-3-8-17-11-13-10-16(13)7-6-12-4-5-14(18-2)9-15(12)16/h4-5,9,13,17H,3,6-8,10-11H2,1-2H3. The number of rotatable bonds is 5. The molecule has 0 saturated heterocycles. The van der Waals surface area contributed by atoms with Crippen LogP contribution in [0.2, 0.25) is 0 Å². The number of hydrogen-bond donors (Lipinski definition) is 1. The fraction of sp³-hybridized carbons (Fsp3) is 0.625. The van der Waals surface area contributed by atoms with Crippen molar-refractivity contribution in [2.24, 2.45) is 5.92 Å². The van der Waals surface area contributed by atoms with Crippen molar-refractivity contribution in [1.82, 2.24) is 5.32 Å². The molecule has 2 unspecified atom stereocenters. The Kier molecular flexibility index (Phi) is 3.06. The second kappa shape index (κ2) is 4.58. The fourth-order valence-electron chi connectivity index (χ4n) is 3.59. The summed E-state index contributed by atoms with van der Waals surface area (Å²) in [6, 6.07) is 6.64. The van der Waals surface area contributed by atoms with Crippen LogP contribution in [0.1, 0.15) is 37.3 Å². The molecule has 3 rings (SSSR count). The van der Waals surface area contributed by atoms with Gasteiger partial charge in [-0.3, -0.25) is 0 Å². The van der Waals surface area contributed by atoms with E-state index in [4.69, 9.17) is 4.74 Å². The predicted molar refractivity (Wildman–Crippen MR) is 74.3 cm³/mol. The first kappa shape index (κ1) is 12.0. The third-order valence-corrected chi connectivity index (χ3v) is 4.74. The Hall–Kier alpha value is -1.02. The maximum absolute atomic E-state index is 5.38. The molecule has 2 atom stereocenters. The van der Waals surface area contributed by atoms with E-state index < -0.39 is 0 Å². The Bertz CT molecular complexity index is 443. The van der Waals surface area contributed by atoms with Crippen LogP contribution >= 0.6 is 0 Å². The lowest BCUT2D eigenvalue weighted by Gasteiger charge is -2.13. The van der Waals surface area contributed by atoms with E-state index in [0.717, 1.165) is 18.2 Å². The molecule has 0 amide bonds. The molecule has 1 spiro atoms. The van der Waals surface area contributed by atoms with Crippen molar-refractivity contribution >= 4 is 0 Å². The summed E-state index contributed by atoms with van der Waals surface area (Å²) in [5, 5.41) is 3.58. The SMILES string of the molecule is CCCNCC1CC12CCc1ccc(OC)cc12. The first-order valence-electron chi connectivity index (χ1n) is 7.18. The van der Waals surface area contributed by atoms with Crippen LogP contribution in [0.15, 0.2) is 18.2 Å². The van der Waals surface area contributed by atoms with E-state index in [1.807, 2.05) is 0 Å². The fourth-order valence-corrected chi connectivity index (χ4v) is 3.59. The minimum atomic E-state index is 0.491. The van der Waals surface area contributed by atoms with Crippen molar-refractivity contribution in [3.63, 3.8) is 0 Å². The summed E-state index contributed by atoms with van der Waals surface area (Å²) in [4.78, 5) is 0. The maximum Gasteiger partial charge on any atom is 0.119 e. The predicted octanol–water partition coefficient (Wildman–Crippen LogP) is 2.90. The normalized spacial score (nSPS) is 28.4. The summed E-state index contributed by atoms with van der Waals surface area (Å²) >= 11 is 0. The van der Waals surface area contributed by atoms with Gasteiger partial charge >= 0.3 is 0 Å². The number of fused-ring (bicyclic) bond motifs is 2. The van der Waals surface area contributed by atoms with Crippen LogP contribution in [-0.4, -0.2) is 20.2 Å². The van der Waals surface area contributed by atoms with Crippen molar-refractivity contribution < 1.29 is 4.74 Å². The van der Waals surface area contributed by atoms with E-state index in [0.29, 0.717) is 5.41 Å². The highest BCUT2D eigenvalue weighted by Crippen LogP contribution is 2.61. The van der Waals surface area contributed by atoms with Crippen molar-refractivity contribution in [3.8, 4) is 5.75 Å². The molecule has 2 aliphatic carbocycles. The maximum atomic E-state index is 5.38. The molecule has 1 saturated carbocycles. The molecule has 1 aromatic rings. The van der Waals surface area contributed by atoms with E-state index in [2.05, 4.69) is 30.4 Å². The molecular formula is C16H23NO. The topological polar surface area (TPSA) is 21.3 Å². The number of benzene rings is 1. The Labute approximate surface area is 110 Å². The first-order chi connectivity index (χ1) is 8.80. The average molecular weight is 245 g/mol. The van der Waals surface area contributed by atoms with Crippen LogP contribution < -0.4 is 10.1 Å². The molecule has 1 N–H and O–H groups in total. The molecule has 1 aromatic carbocycles. The van der Waals surface area contributed by atoms with Gasteiger partial charge in [-0.25, -0.2) is 0 Å². The van der Waals surface area contributed by atoms with Gasteiger partial charge in [-0.05, 0) is 68.0 Å². The number of hydrogen-bond acceptors (Lipinski definition) is 2. The van der Waals surface area contributed by atoms with Gasteiger partial charge in [0, 0.05) is 5.41 Å². The van der Waals surface area contributed by atoms with Crippen LogP contribution in [0, 0.1) is 5.92 Å². The molecule has 2 nitrogen and oxygen atoms in total. The van der Waals surface area contributed by atoms with Crippen LogP contribution in [-0.2, 0) is 11.8 Å². The van der Waals surface area contributed by atoms with Crippen LogP contribution in [0.5, 0.6) is 5.75 Å². The van der Waals surface area contributed by atoms with Crippen molar-refractivity contribution in [2.75, 3.05) is 20.2 Å². The van der Waals surface area contributed by atoms with E-state index in [9.17, 15) is 0 Å². The van der Waals surface area contributed by atoms with E-state index in [-0.39, 0.29) is 0 Å². The zero-order valence-electron chi connectivity index (χ0n) is 11.5. The Morgan fingerprint density at radius 1 is 1.44 bits per heavy atom. The summed E-state index contributed by atoms with van der Waals surface area (Å²) in [7, 11) is 1.76. The average Bonchev–Trinajstić information content (AvgIpc) is 2.98. The molecule has 0 bridgehead atoms. The highest BCUT2D eigenvalue weighted by atomic mass is 16.5. The second-order valence-corrected chi connectivity index (χ2v) is 5.78. The van der Waals surface area contributed by atoms with Gasteiger partial charge < -0.3 is 10.1 Å². The monoisotopic (exact) mass is 245 g/mol. The lowest BCUT2D eigenvalue weighted by atomic mass is 9.95. The van der Waals surface area contributed by atoms with E-state index in [1.165, 1.54) is 32.2 Å². The van der Waals surface area contributed by atoms with E-state index in [1.54, 1.807) is 18.2 Å². The quantitative estimate of drug-likeness (QED) is 0.805. The summed E-state index contributed by atoms with van der Waals surface area (Å²) in [6.45, 7) is 4.56. The first-order valence-corrected chi connectivity index (χ1v) is 7.18. The minimum absolute atomic E-state index is 0.491. The van der Waals surface area contributed by atoms with Gasteiger partial charge in [0.15, 0.2) is 0 Å². The minimum Gasteiger partial charge on any atom is -0.497 e.